The van der Waals surface area contributed by atoms with E-state index in [1.165, 1.54) is 13.8 Å². The van der Waals surface area contributed by atoms with Crippen molar-refractivity contribution in [3.8, 4) is 0 Å². The number of carbonyl (C=O) groups is 2. The minimum absolute atomic E-state index is 0.000348. The largest absolute Gasteiger partial charge is 0.462 e. The number of rotatable bonds is 6. The molecule has 0 unspecified atom stereocenters. The van der Waals surface area contributed by atoms with Gasteiger partial charge in [-0.3, -0.25) is 14.5 Å². The van der Waals surface area contributed by atoms with Gasteiger partial charge in [-0.25, -0.2) is 0 Å². The van der Waals surface area contributed by atoms with E-state index in [-0.39, 0.29) is 82.8 Å². The fourth-order valence-electron chi connectivity index (χ4n) is 11.4. The SMILES string of the molecule is CCN1C[C@]2(C)CC[C@H](OC)[C@@]34[C@@H]1[C@@H]([C@H](OC(C)=O)[C@@H]23)[C@]1(OC)C[C@@H](OC)[C@@H]2C[C@H]4[C@H]1[C@@H]2OC(C)=O. The summed E-state index contributed by atoms with van der Waals surface area (Å²) < 4.78 is 31.8. The predicted molar refractivity (Wildman–Crippen MR) is 130 cm³/mol. The van der Waals surface area contributed by atoms with Crippen LogP contribution in [-0.2, 0) is 33.3 Å². The summed E-state index contributed by atoms with van der Waals surface area (Å²) in [7, 11) is 5.41. The van der Waals surface area contributed by atoms with E-state index >= 15 is 0 Å². The molecule has 5 aliphatic carbocycles. The molecule has 36 heavy (non-hydrogen) atoms. The molecule has 202 valence electrons. The molecule has 0 amide bonds. The van der Waals surface area contributed by atoms with E-state index in [2.05, 4.69) is 18.7 Å². The molecule has 0 aromatic carbocycles. The predicted octanol–water partition coefficient (Wildman–Crippen LogP) is 2.67. The molecule has 0 N–H and O–H groups in total. The summed E-state index contributed by atoms with van der Waals surface area (Å²) in [4.78, 5) is 27.7. The molecule has 6 rings (SSSR count). The van der Waals surface area contributed by atoms with Gasteiger partial charge in [0.25, 0.3) is 0 Å². The van der Waals surface area contributed by atoms with Crippen molar-refractivity contribution >= 4 is 11.9 Å². The van der Waals surface area contributed by atoms with Crippen LogP contribution in [0.15, 0.2) is 0 Å². The first-order chi connectivity index (χ1) is 17.1. The Labute approximate surface area is 214 Å². The lowest BCUT2D eigenvalue weighted by Gasteiger charge is -2.69. The molecule has 1 aliphatic heterocycles. The number of nitrogens with zero attached hydrogens (tertiary/aromatic N) is 1. The molecule has 13 atom stereocenters. The Bertz CT molecular complexity index is 943. The minimum Gasteiger partial charge on any atom is -0.462 e. The molecule has 6 aliphatic rings. The standard InChI is InChI=1S/C28H43NO7/c1-8-29-13-26(4)10-9-19(33-6)28-17-11-16-18(32-5)12-27(34-7,20(17)22(16)35-14(2)30)21(25(28)29)23(24(26)28)36-15(3)31/h16-25H,8-13H2,1-7H3/t16-,17-,18+,19-,20-,21+,22+,23-,24-,25-,26-,27-,28+/m0/s1. The van der Waals surface area contributed by atoms with E-state index in [1.54, 1.807) is 14.2 Å². The molecule has 1 heterocycles. The molecule has 1 spiro atoms. The third-order valence-corrected chi connectivity index (χ3v) is 11.8. The number of fused-ring (bicyclic) bond motifs is 2. The van der Waals surface area contributed by atoms with Crippen molar-refractivity contribution in [2.75, 3.05) is 34.4 Å². The number of piperidine rings is 1. The van der Waals surface area contributed by atoms with Gasteiger partial charge in [0, 0.05) is 83.3 Å². The van der Waals surface area contributed by atoms with Crippen molar-refractivity contribution in [1.29, 1.82) is 0 Å². The lowest BCUT2D eigenvalue weighted by Crippen LogP contribution is -2.76. The van der Waals surface area contributed by atoms with Crippen LogP contribution in [-0.4, -0.2) is 87.3 Å². The first-order valence-corrected chi connectivity index (χ1v) is 13.8. The lowest BCUT2D eigenvalue weighted by atomic mass is 9.43. The maximum absolute atomic E-state index is 12.7. The maximum Gasteiger partial charge on any atom is 0.302 e. The number of esters is 2. The second kappa shape index (κ2) is 8.14. The summed E-state index contributed by atoms with van der Waals surface area (Å²) in [6.45, 7) is 9.61. The van der Waals surface area contributed by atoms with Gasteiger partial charge in [-0.15, -0.1) is 0 Å². The Balaban J connectivity index is 1.65. The van der Waals surface area contributed by atoms with Crippen molar-refractivity contribution in [2.24, 2.45) is 40.4 Å². The summed E-state index contributed by atoms with van der Waals surface area (Å²) in [5, 5.41) is 0. The number of hydrogen-bond donors (Lipinski definition) is 0. The van der Waals surface area contributed by atoms with Gasteiger partial charge in [0.05, 0.1) is 17.8 Å². The third kappa shape index (κ3) is 2.75. The Morgan fingerprint density at radius 1 is 1.00 bits per heavy atom. The highest BCUT2D eigenvalue weighted by molar-refractivity contribution is 5.67. The third-order valence-electron chi connectivity index (χ3n) is 11.8. The van der Waals surface area contributed by atoms with Crippen molar-refractivity contribution in [3.05, 3.63) is 0 Å². The van der Waals surface area contributed by atoms with E-state index in [0.29, 0.717) is 0 Å². The van der Waals surface area contributed by atoms with Gasteiger partial charge in [0.2, 0.25) is 0 Å². The molecule has 8 heteroatoms. The van der Waals surface area contributed by atoms with Crippen LogP contribution in [0.3, 0.4) is 0 Å². The molecule has 6 fully saturated rings. The summed E-state index contributed by atoms with van der Waals surface area (Å²) in [5.74, 6) is -0.0124. The molecule has 0 aromatic rings. The highest BCUT2D eigenvalue weighted by atomic mass is 16.6. The molecule has 5 saturated carbocycles. The van der Waals surface area contributed by atoms with Crippen LogP contribution < -0.4 is 0 Å². The average molecular weight is 506 g/mol. The Kier molecular flexibility index (Phi) is 5.67. The highest BCUT2D eigenvalue weighted by Gasteiger charge is 2.87. The molecule has 1 saturated heterocycles. The van der Waals surface area contributed by atoms with Crippen LogP contribution in [0.2, 0.25) is 0 Å². The van der Waals surface area contributed by atoms with Gasteiger partial charge in [-0.2, -0.15) is 0 Å². The van der Waals surface area contributed by atoms with Crippen molar-refractivity contribution < 1.29 is 33.3 Å². The number of hydrogen-bond acceptors (Lipinski definition) is 8. The Hall–Kier alpha value is -1.22. The molecule has 0 aromatic heterocycles. The second-order valence-electron chi connectivity index (χ2n) is 12.7. The van der Waals surface area contributed by atoms with E-state index < -0.39 is 5.60 Å². The molecule has 8 nitrogen and oxygen atoms in total. The van der Waals surface area contributed by atoms with Crippen LogP contribution in [0.4, 0.5) is 0 Å². The first kappa shape index (κ1) is 25.1. The number of methoxy groups -OCH3 is 3. The topological polar surface area (TPSA) is 83.5 Å². The minimum atomic E-state index is -0.622. The summed E-state index contributed by atoms with van der Waals surface area (Å²) in [5.41, 5.74) is -0.828. The van der Waals surface area contributed by atoms with Crippen LogP contribution in [0.25, 0.3) is 0 Å². The average Bonchev–Trinajstić information content (AvgIpc) is 3.23. The lowest BCUT2D eigenvalue weighted by molar-refractivity contribution is -0.277. The number of carbonyl (C=O) groups excluding carboxylic acids is 2. The molecular weight excluding hydrogens is 462 g/mol. The zero-order valence-electron chi connectivity index (χ0n) is 22.8. The van der Waals surface area contributed by atoms with Gasteiger partial charge in [-0.1, -0.05) is 13.8 Å². The smallest absolute Gasteiger partial charge is 0.302 e. The monoisotopic (exact) mass is 505 g/mol. The highest BCUT2D eigenvalue weighted by Crippen LogP contribution is 2.80. The first-order valence-electron chi connectivity index (χ1n) is 13.8. The van der Waals surface area contributed by atoms with Crippen molar-refractivity contribution in [2.45, 2.75) is 89.4 Å². The molecule has 0 radical (unpaired) electrons. The Morgan fingerprint density at radius 3 is 2.28 bits per heavy atom. The quantitative estimate of drug-likeness (QED) is 0.510. The fourth-order valence-corrected chi connectivity index (χ4v) is 11.4. The normalized spacial score (nSPS) is 54.3. The van der Waals surface area contributed by atoms with Crippen molar-refractivity contribution in [1.82, 2.24) is 4.90 Å². The van der Waals surface area contributed by atoms with Gasteiger partial charge in [0.15, 0.2) is 0 Å². The van der Waals surface area contributed by atoms with E-state index in [9.17, 15) is 9.59 Å². The van der Waals surface area contributed by atoms with Crippen molar-refractivity contribution in [3.63, 3.8) is 0 Å². The van der Waals surface area contributed by atoms with E-state index in [0.717, 1.165) is 38.8 Å². The van der Waals surface area contributed by atoms with Gasteiger partial charge in [0.1, 0.15) is 12.2 Å². The summed E-state index contributed by atoms with van der Waals surface area (Å²) in [6.07, 6.45) is 3.08. The molecule has 7 bridgehead atoms. The van der Waals surface area contributed by atoms with Gasteiger partial charge >= 0.3 is 11.9 Å². The Morgan fingerprint density at radius 2 is 1.69 bits per heavy atom. The summed E-state index contributed by atoms with van der Waals surface area (Å²) >= 11 is 0. The zero-order valence-corrected chi connectivity index (χ0v) is 22.8. The van der Waals surface area contributed by atoms with Crippen LogP contribution >= 0.6 is 0 Å². The fraction of sp³-hybridized carbons (Fsp3) is 0.929. The maximum atomic E-state index is 12.7. The van der Waals surface area contributed by atoms with Crippen LogP contribution in [0.5, 0.6) is 0 Å². The number of likely N-dealkylation sites (tertiary alicyclic amines) is 1. The van der Waals surface area contributed by atoms with Crippen LogP contribution in [0, 0.1) is 40.4 Å². The molecular formula is C28H43NO7. The van der Waals surface area contributed by atoms with E-state index in [1.807, 2.05) is 7.11 Å². The second-order valence-corrected chi connectivity index (χ2v) is 12.7. The zero-order chi connectivity index (χ0) is 25.8. The van der Waals surface area contributed by atoms with E-state index in [4.69, 9.17) is 23.7 Å². The van der Waals surface area contributed by atoms with Gasteiger partial charge < -0.3 is 23.7 Å². The van der Waals surface area contributed by atoms with Gasteiger partial charge in [-0.05, 0) is 37.1 Å². The summed E-state index contributed by atoms with van der Waals surface area (Å²) in [6, 6.07) is 0.170. The number of ether oxygens (including phenoxy) is 5. The van der Waals surface area contributed by atoms with Crippen LogP contribution in [0.1, 0.15) is 53.4 Å².